The number of nitrogens with one attached hydrogen (secondary N) is 2. The molecule has 1 saturated heterocycles. The topological polar surface area (TPSA) is 78.5 Å². The second-order valence-electron chi connectivity index (χ2n) is 7.42. The normalized spacial score (nSPS) is 20.3. The van der Waals surface area contributed by atoms with E-state index >= 15 is 0 Å². The smallest absolute Gasteiger partial charge is 0.256 e. The second kappa shape index (κ2) is 7.70. The van der Waals surface area contributed by atoms with Crippen LogP contribution in [-0.2, 0) is 16.0 Å². The Morgan fingerprint density at radius 1 is 1.17 bits per heavy atom. The summed E-state index contributed by atoms with van der Waals surface area (Å²) >= 11 is 3.12. The molecule has 152 valence electrons. The summed E-state index contributed by atoms with van der Waals surface area (Å²) < 4.78 is 0. The van der Waals surface area contributed by atoms with Gasteiger partial charge in [-0.05, 0) is 58.0 Å². The fourth-order valence-electron chi connectivity index (χ4n) is 4.12. The third-order valence-electron chi connectivity index (χ3n) is 5.55. The Balaban J connectivity index is 1.39. The van der Waals surface area contributed by atoms with Crippen molar-refractivity contribution in [2.75, 3.05) is 11.9 Å². The van der Waals surface area contributed by atoms with Gasteiger partial charge in [-0.3, -0.25) is 14.4 Å². The first-order valence-corrected chi connectivity index (χ1v) is 11.5. The minimum Gasteiger partial charge on any atom is -0.350 e. The van der Waals surface area contributed by atoms with Crippen molar-refractivity contribution in [2.24, 2.45) is 0 Å². The Labute approximate surface area is 181 Å². The van der Waals surface area contributed by atoms with Crippen LogP contribution in [0.15, 0.2) is 52.5 Å². The lowest BCUT2D eigenvalue weighted by molar-refractivity contribution is -0.123. The summed E-state index contributed by atoms with van der Waals surface area (Å²) in [7, 11) is 0. The van der Waals surface area contributed by atoms with E-state index in [9.17, 15) is 14.4 Å². The van der Waals surface area contributed by atoms with E-state index < -0.39 is 12.1 Å². The molecule has 0 spiro atoms. The Hall–Kier alpha value is -2.97. The lowest BCUT2D eigenvalue weighted by Crippen LogP contribution is -2.51. The minimum atomic E-state index is -0.707. The maximum absolute atomic E-state index is 13.3. The van der Waals surface area contributed by atoms with Crippen LogP contribution < -0.4 is 10.6 Å². The van der Waals surface area contributed by atoms with Crippen LogP contribution in [0.1, 0.15) is 21.7 Å². The van der Waals surface area contributed by atoms with Gasteiger partial charge in [-0.2, -0.15) is 11.3 Å². The third kappa shape index (κ3) is 3.42. The number of amides is 3. The molecule has 1 aromatic carbocycles. The Morgan fingerprint density at radius 2 is 2.07 bits per heavy atom. The number of hydrogen-bond donors (Lipinski definition) is 2. The predicted octanol–water partition coefficient (Wildman–Crippen LogP) is 3.37. The van der Waals surface area contributed by atoms with Crippen molar-refractivity contribution in [3.05, 3.63) is 63.0 Å². The molecule has 2 unspecified atom stereocenters. The lowest BCUT2D eigenvalue weighted by Gasteiger charge is -2.25. The Bertz CT molecular complexity index is 1110. The molecule has 0 radical (unpaired) electrons. The quantitative estimate of drug-likeness (QED) is 0.657. The molecule has 1 fully saturated rings. The fourth-order valence-corrected chi connectivity index (χ4v) is 5.49. The molecule has 3 amide bonds. The van der Waals surface area contributed by atoms with Crippen molar-refractivity contribution in [2.45, 2.75) is 24.9 Å². The van der Waals surface area contributed by atoms with Crippen LogP contribution in [0, 0.1) is 0 Å². The molecule has 2 aliphatic rings. The van der Waals surface area contributed by atoms with E-state index in [-0.39, 0.29) is 24.1 Å². The summed E-state index contributed by atoms with van der Waals surface area (Å²) in [6.07, 6.45) is 0.834. The lowest BCUT2D eigenvalue weighted by atomic mass is 10.0. The van der Waals surface area contributed by atoms with Crippen molar-refractivity contribution in [3.63, 3.8) is 0 Å². The van der Waals surface area contributed by atoms with E-state index in [1.807, 2.05) is 46.5 Å². The van der Waals surface area contributed by atoms with Gasteiger partial charge < -0.3 is 15.5 Å². The molecule has 6 nitrogen and oxygen atoms in total. The fraction of sp³-hybridized carbons (Fsp3) is 0.227. The van der Waals surface area contributed by atoms with Crippen molar-refractivity contribution in [1.82, 2.24) is 10.2 Å². The van der Waals surface area contributed by atoms with Crippen LogP contribution >= 0.6 is 22.7 Å². The monoisotopic (exact) mass is 437 g/mol. The number of benzene rings is 1. The average molecular weight is 438 g/mol. The molecule has 2 atom stereocenters. The molecule has 2 aromatic heterocycles. The number of carbonyl (C=O) groups excluding carboxylic acids is 3. The van der Waals surface area contributed by atoms with E-state index in [0.717, 1.165) is 16.0 Å². The Morgan fingerprint density at radius 3 is 2.83 bits per heavy atom. The van der Waals surface area contributed by atoms with E-state index in [1.165, 1.54) is 11.3 Å². The van der Waals surface area contributed by atoms with Gasteiger partial charge in [0.1, 0.15) is 6.04 Å². The van der Waals surface area contributed by atoms with Crippen molar-refractivity contribution >= 4 is 46.1 Å². The zero-order valence-electron chi connectivity index (χ0n) is 16.0. The highest BCUT2D eigenvalue weighted by Gasteiger charge is 2.45. The summed E-state index contributed by atoms with van der Waals surface area (Å²) in [6, 6.07) is 10.2. The van der Waals surface area contributed by atoms with Gasteiger partial charge >= 0.3 is 0 Å². The van der Waals surface area contributed by atoms with Crippen molar-refractivity contribution < 1.29 is 14.4 Å². The number of nitrogens with zero attached hydrogens (tertiary/aromatic N) is 1. The second-order valence-corrected chi connectivity index (χ2v) is 9.24. The number of carbonyl (C=O) groups is 3. The number of fused-ring (bicyclic) bond motifs is 2. The highest BCUT2D eigenvalue weighted by molar-refractivity contribution is 7.10. The van der Waals surface area contributed by atoms with Crippen LogP contribution in [0.5, 0.6) is 0 Å². The van der Waals surface area contributed by atoms with Gasteiger partial charge in [-0.1, -0.05) is 12.1 Å². The number of anilines is 1. The standard InChI is InChI=1S/C22H19N3O3S2/c26-19(11-15-2-1-8-30-15)23-18-5-7-25-20(18)21(27)24-17-4-3-13(10-16(17)22(25)28)14-6-9-29-12-14/h1-4,6,8-10,12,18,20H,5,7,11H2,(H,23,26)(H,24,27). The maximum Gasteiger partial charge on any atom is 0.256 e. The van der Waals surface area contributed by atoms with E-state index in [2.05, 4.69) is 10.6 Å². The Kier molecular flexibility index (Phi) is 4.88. The summed E-state index contributed by atoms with van der Waals surface area (Å²) in [5, 5.41) is 11.8. The molecule has 2 N–H and O–H groups in total. The number of hydrogen-bond acceptors (Lipinski definition) is 5. The molecule has 0 saturated carbocycles. The van der Waals surface area contributed by atoms with Crippen LogP contribution in [0.25, 0.3) is 11.1 Å². The summed E-state index contributed by atoms with van der Waals surface area (Å²) in [5.74, 6) is -0.573. The number of rotatable bonds is 4. The molecular weight excluding hydrogens is 418 g/mol. The van der Waals surface area contributed by atoms with Crippen LogP contribution in [-0.4, -0.2) is 41.2 Å². The van der Waals surface area contributed by atoms with Gasteiger partial charge in [0, 0.05) is 11.4 Å². The molecule has 5 rings (SSSR count). The van der Waals surface area contributed by atoms with Gasteiger partial charge in [-0.15, -0.1) is 11.3 Å². The van der Waals surface area contributed by atoms with Gasteiger partial charge in [0.15, 0.2) is 0 Å². The van der Waals surface area contributed by atoms with Gasteiger partial charge in [-0.25, -0.2) is 0 Å². The van der Waals surface area contributed by atoms with Crippen LogP contribution in [0.3, 0.4) is 0 Å². The molecule has 30 heavy (non-hydrogen) atoms. The predicted molar refractivity (Wildman–Crippen MR) is 118 cm³/mol. The molecular formula is C22H19N3O3S2. The summed E-state index contributed by atoms with van der Waals surface area (Å²) in [4.78, 5) is 41.3. The van der Waals surface area contributed by atoms with Gasteiger partial charge in [0.05, 0.1) is 23.7 Å². The zero-order chi connectivity index (χ0) is 20.7. The first kappa shape index (κ1) is 19.0. The maximum atomic E-state index is 13.3. The average Bonchev–Trinajstić information content (AvgIpc) is 3.48. The van der Waals surface area contributed by atoms with Gasteiger partial charge in [0.2, 0.25) is 11.8 Å². The van der Waals surface area contributed by atoms with Crippen LogP contribution in [0.2, 0.25) is 0 Å². The molecule has 0 aliphatic carbocycles. The molecule has 8 heteroatoms. The third-order valence-corrected chi connectivity index (χ3v) is 7.11. The van der Waals surface area contributed by atoms with Crippen molar-refractivity contribution in [3.8, 4) is 11.1 Å². The SMILES string of the molecule is O=C(Cc1cccs1)NC1CCN2C(=O)c3cc(-c4ccsc4)ccc3NC(=O)C12. The highest BCUT2D eigenvalue weighted by Crippen LogP contribution is 2.32. The first-order valence-electron chi connectivity index (χ1n) is 9.70. The molecule has 0 bridgehead atoms. The summed E-state index contributed by atoms with van der Waals surface area (Å²) in [5.41, 5.74) is 2.99. The van der Waals surface area contributed by atoms with Gasteiger partial charge in [0.25, 0.3) is 5.91 Å². The summed E-state index contributed by atoms with van der Waals surface area (Å²) in [6.45, 7) is 0.434. The van der Waals surface area contributed by atoms with Crippen LogP contribution in [0.4, 0.5) is 5.69 Å². The highest BCUT2D eigenvalue weighted by atomic mass is 32.1. The number of thiophene rings is 2. The molecule has 3 aromatic rings. The van der Waals surface area contributed by atoms with E-state index in [4.69, 9.17) is 0 Å². The molecule has 4 heterocycles. The zero-order valence-corrected chi connectivity index (χ0v) is 17.6. The van der Waals surface area contributed by atoms with E-state index in [0.29, 0.717) is 24.2 Å². The first-order chi connectivity index (χ1) is 14.6. The minimum absolute atomic E-state index is 0.133. The van der Waals surface area contributed by atoms with E-state index in [1.54, 1.807) is 22.3 Å². The van der Waals surface area contributed by atoms with Crippen molar-refractivity contribution in [1.29, 1.82) is 0 Å². The molecule has 2 aliphatic heterocycles. The largest absolute Gasteiger partial charge is 0.350 e.